The monoisotopic (exact) mass is 267 g/mol. The third-order valence-electron chi connectivity index (χ3n) is 3.38. The maximum absolute atomic E-state index is 5.40. The molecule has 0 amide bonds. The van der Waals surface area contributed by atoms with Crippen LogP contribution >= 0.6 is 12.6 Å². The molecular formula is C15H25NOS. The molecule has 0 radical (unpaired) electrons. The molecule has 0 saturated carbocycles. The average molecular weight is 267 g/mol. The number of benzene rings is 1. The number of hydrogen-bond donors (Lipinski definition) is 1. The second-order valence-electron chi connectivity index (χ2n) is 4.78. The number of thiol groups is 1. The zero-order chi connectivity index (χ0) is 13.4. The Morgan fingerprint density at radius 2 is 2.00 bits per heavy atom. The first-order valence-corrected chi connectivity index (χ1v) is 7.25. The van der Waals surface area contributed by atoms with Crippen LogP contribution in [0.4, 0.5) is 0 Å². The predicted molar refractivity (Wildman–Crippen MR) is 81.9 cm³/mol. The van der Waals surface area contributed by atoms with E-state index in [4.69, 9.17) is 4.74 Å². The van der Waals surface area contributed by atoms with Crippen molar-refractivity contribution in [2.75, 3.05) is 26.5 Å². The lowest BCUT2D eigenvalue weighted by Crippen LogP contribution is -2.31. The number of rotatable bonds is 8. The SMILES string of the molecule is COc1ccccc1CC(C)N(C)CCCCS. The van der Waals surface area contributed by atoms with Crippen LogP contribution in [0.25, 0.3) is 0 Å². The Morgan fingerprint density at radius 1 is 1.28 bits per heavy atom. The maximum Gasteiger partial charge on any atom is 0.122 e. The van der Waals surface area contributed by atoms with E-state index in [9.17, 15) is 0 Å². The van der Waals surface area contributed by atoms with Gasteiger partial charge in [0.1, 0.15) is 5.75 Å². The molecule has 2 nitrogen and oxygen atoms in total. The van der Waals surface area contributed by atoms with Crippen LogP contribution in [0.1, 0.15) is 25.3 Å². The lowest BCUT2D eigenvalue weighted by molar-refractivity contribution is 0.251. The number of hydrogen-bond acceptors (Lipinski definition) is 3. The zero-order valence-corrected chi connectivity index (χ0v) is 12.6. The molecule has 0 bridgehead atoms. The molecule has 0 N–H and O–H groups in total. The van der Waals surface area contributed by atoms with E-state index in [1.165, 1.54) is 18.4 Å². The molecule has 0 aromatic heterocycles. The maximum atomic E-state index is 5.40. The Balaban J connectivity index is 2.50. The zero-order valence-electron chi connectivity index (χ0n) is 11.7. The minimum Gasteiger partial charge on any atom is -0.496 e. The Morgan fingerprint density at radius 3 is 2.67 bits per heavy atom. The first-order chi connectivity index (χ1) is 8.69. The average Bonchev–Trinajstić information content (AvgIpc) is 2.39. The standard InChI is InChI=1S/C15H25NOS/c1-13(16(2)10-6-7-11-18)12-14-8-4-5-9-15(14)17-3/h4-5,8-9,13,18H,6-7,10-12H2,1-3H3. The fourth-order valence-corrected chi connectivity index (χ4v) is 2.26. The summed E-state index contributed by atoms with van der Waals surface area (Å²) in [4.78, 5) is 2.41. The lowest BCUT2D eigenvalue weighted by Gasteiger charge is -2.25. The topological polar surface area (TPSA) is 12.5 Å². The highest BCUT2D eigenvalue weighted by Crippen LogP contribution is 2.20. The van der Waals surface area contributed by atoms with Gasteiger partial charge in [0.05, 0.1) is 7.11 Å². The predicted octanol–water partition coefficient (Wildman–Crippen LogP) is 3.27. The Kier molecular flexibility index (Phi) is 7.21. The van der Waals surface area contributed by atoms with E-state index in [-0.39, 0.29) is 0 Å². The molecule has 1 atom stereocenters. The van der Waals surface area contributed by atoms with Crippen molar-refractivity contribution in [3.05, 3.63) is 29.8 Å². The molecule has 0 aliphatic heterocycles. The molecule has 0 spiro atoms. The molecule has 1 rings (SSSR count). The van der Waals surface area contributed by atoms with Crippen molar-refractivity contribution in [3.8, 4) is 5.75 Å². The molecule has 1 aromatic carbocycles. The number of methoxy groups -OCH3 is 1. The Bertz CT molecular complexity index is 343. The summed E-state index contributed by atoms with van der Waals surface area (Å²) in [5, 5.41) is 0. The normalized spacial score (nSPS) is 12.7. The van der Waals surface area contributed by atoms with Gasteiger partial charge in [0.15, 0.2) is 0 Å². The summed E-state index contributed by atoms with van der Waals surface area (Å²) >= 11 is 4.25. The molecule has 0 saturated heterocycles. The summed E-state index contributed by atoms with van der Waals surface area (Å²) in [6.45, 7) is 3.41. The van der Waals surface area contributed by atoms with E-state index in [2.05, 4.69) is 43.6 Å². The highest BCUT2D eigenvalue weighted by Gasteiger charge is 2.12. The fraction of sp³-hybridized carbons (Fsp3) is 0.600. The molecule has 0 heterocycles. The summed E-state index contributed by atoms with van der Waals surface area (Å²) < 4.78 is 5.40. The van der Waals surface area contributed by atoms with E-state index in [0.717, 1.165) is 24.5 Å². The molecule has 3 heteroatoms. The fourth-order valence-electron chi connectivity index (χ4n) is 2.04. The van der Waals surface area contributed by atoms with Gasteiger partial charge in [-0.3, -0.25) is 0 Å². The number of likely N-dealkylation sites (N-methyl/N-ethyl adjacent to an activating group) is 1. The van der Waals surface area contributed by atoms with Crippen molar-refractivity contribution < 1.29 is 4.74 Å². The second kappa shape index (κ2) is 8.44. The molecule has 0 fully saturated rings. The molecule has 0 aliphatic rings. The summed E-state index contributed by atoms with van der Waals surface area (Å²) in [5.74, 6) is 1.97. The quantitative estimate of drug-likeness (QED) is 0.573. The third-order valence-corrected chi connectivity index (χ3v) is 3.70. The minimum absolute atomic E-state index is 0.529. The summed E-state index contributed by atoms with van der Waals surface area (Å²) in [7, 11) is 3.93. The minimum atomic E-state index is 0.529. The van der Waals surface area contributed by atoms with Gasteiger partial charge in [-0.05, 0) is 57.2 Å². The van der Waals surface area contributed by atoms with Crippen LogP contribution in [0, 0.1) is 0 Å². The molecule has 102 valence electrons. The molecular weight excluding hydrogens is 242 g/mol. The van der Waals surface area contributed by atoms with Crippen LogP contribution in [0.2, 0.25) is 0 Å². The van der Waals surface area contributed by atoms with Crippen LogP contribution in [0.5, 0.6) is 5.75 Å². The summed E-state index contributed by atoms with van der Waals surface area (Å²) in [6.07, 6.45) is 3.44. The van der Waals surface area contributed by atoms with E-state index in [1.54, 1.807) is 7.11 Å². The third kappa shape index (κ3) is 4.91. The smallest absolute Gasteiger partial charge is 0.122 e. The first kappa shape index (κ1) is 15.4. The Labute approximate surface area is 117 Å². The van der Waals surface area contributed by atoms with Gasteiger partial charge >= 0.3 is 0 Å². The molecule has 0 aliphatic carbocycles. The van der Waals surface area contributed by atoms with Crippen LogP contribution in [-0.2, 0) is 6.42 Å². The number of ether oxygens (including phenoxy) is 1. The largest absolute Gasteiger partial charge is 0.496 e. The van der Waals surface area contributed by atoms with E-state index in [1.807, 2.05) is 12.1 Å². The first-order valence-electron chi connectivity index (χ1n) is 6.62. The van der Waals surface area contributed by atoms with Gasteiger partial charge in [-0.2, -0.15) is 12.6 Å². The van der Waals surface area contributed by atoms with Crippen molar-refractivity contribution in [3.63, 3.8) is 0 Å². The van der Waals surface area contributed by atoms with Crippen LogP contribution in [-0.4, -0.2) is 37.4 Å². The second-order valence-corrected chi connectivity index (χ2v) is 5.22. The van der Waals surface area contributed by atoms with E-state index < -0.39 is 0 Å². The van der Waals surface area contributed by atoms with Gasteiger partial charge in [0.25, 0.3) is 0 Å². The lowest BCUT2D eigenvalue weighted by atomic mass is 10.0. The van der Waals surface area contributed by atoms with Crippen molar-refractivity contribution in [1.82, 2.24) is 4.90 Å². The number of nitrogens with zero attached hydrogens (tertiary/aromatic N) is 1. The van der Waals surface area contributed by atoms with Gasteiger partial charge in [-0.25, -0.2) is 0 Å². The van der Waals surface area contributed by atoms with Crippen LogP contribution in [0.3, 0.4) is 0 Å². The van der Waals surface area contributed by atoms with E-state index >= 15 is 0 Å². The number of para-hydroxylation sites is 1. The summed E-state index contributed by atoms with van der Waals surface area (Å²) in [6, 6.07) is 8.80. The molecule has 18 heavy (non-hydrogen) atoms. The molecule has 1 unspecified atom stereocenters. The van der Waals surface area contributed by atoms with Gasteiger partial charge < -0.3 is 9.64 Å². The van der Waals surface area contributed by atoms with Crippen molar-refractivity contribution in [2.45, 2.75) is 32.2 Å². The number of unbranched alkanes of at least 4 members (excludes halogenated alkanes) is 1. The Hall–Kier alpha value is -0.670. The van der Waals surface area contributed by atoms with Crippen molar-refractivity contribution >= 4 is 12.6 Å². The van der Waals surface area contributed by atoms with Crippen LogP contribution < -0.4 is 4.74 Å². The highest BCUT2D eigenvalue weighted by atomic mass is 32.1. The van der Waals surface area contributed by atoms with Gasteiger partial charge in [-0.15, -0.1) is 0 Å². The van der Waals surface area contributed by atoms with Crippen molar-refractivity contribution in [1.29, 1.82) is 0 Å². The van der Waals surface area contributed by atoms with Crippen molar-refractivity contribution in [2.24, 2.45) is 0 Å². The van der Waals surface area contributed by atoms with Crippen LogP contribution in [0.15, 0.2) is 24.3 Å². The summed E-state index contributed by atoms with van der Waals surface area (Å²) in [5.41, 5.74) is 1.29. The van der Waals surface area contributed by atoms with E-state index in [0.29, 0.717) is 6.04 Å². The molecule has 1 aromatic rings. The highest BCUT2D eigenvalue weighted by molar-refractivity contribution is 7.80. The van der Waals surface area contributed by atoms with Gasteiger partial charge in [0.2, 0.25) is 0 Å². The van der Waals surface area contributed by atoms with Gasteiger partial charge in [0, 0.05) is 6.04 Å². The van der Waals surface area contributed by atoms with Gasteiger partial charge in [-0.1, -0.05) is 18.2 Å².